The van der Waals surface area contributed by atoms with Gasteiger partial charge in [0.2, 0.25) is 0 Å². The van der Waals surface area contributed by atoms with Gasteiger partial charge in [-0.2, -0.15) is 0 Å². The summed E-state index contributed by atoms with van der Waals surface area (Å²) in [6.45, 7) is 0. The van der Waals surface area contributed by atoms with Crippen molar-refractivity contribution < 1.29 is 4.79 Å². The van der Waals surface area contributed by atoms with Crippen LogP contribution in [0.1, 0.15) is 30.7 Å². The first-order valence-electron chi connectivity index (χ1n) is 4.64. The molecule has 0 heterocycles. The fourth-order valence-electron chi connectivity index (χ4n) is 1.92. The molecule has 0 N–H and O–H groups in total. The van der Waals surface area contributed by atoms with Gasteiger partial charge in [0.15, 0.2) is 0 Å². The molecule has 0 aliphatic heterocycles. The summed E-state index contributed by atoms with van der Waals surface area (Å²) >= 11 is 9.46. The van der Waals surface area contributed by atoms with Crippen LogP contribution in [0.25, 0.3) is 0 Å². The van der Waals surface area contributed by atoms with Crippen molar-refractivity contribution in [3.8, 4) is 0 Å². The lowest BCUT2D eigenvalue weighted by Crippen LogP contribution is -1.95. The van der Waals surface area contributed by atoms with Gasteiger partial charge in [-0.15, -0.1) is 0 Å². The normalized spacial score (nSPS) is 21.6. The van der Waals surface area contributed by atoms with Crippen molar-refractivity contribution in [1.29, 1.82) is 0 Å². The van der Waals surface area contributed by atoms with Gasteiger partial charge >= 0.3 is 0 Å². The molecule has 0 saturated heterocycles. The van der Waals surface area contributed by atoms with Crippen molar-refractivity contribution in [3.63, 3.8) is 0 Å². The number of rotatable bonds is 1. The molecule has 2 rings (SSSR count). The Morgan fingerprint density at radius 3 is 2.86 bits per heavy atom. The lowest BCUT2D eigenvalue weighted by Gasteiger charge is -2.11. The summed E-state index contributed by atoms with van der Waals surface area (Å²) in [7, 11) is 0. The Hall–Kier alpha value is -0.340. The van der Waals surface area contributed by atoms with Crippen LogP contribution < -0.4 is 0 Å². The number of halogens is 2. The summed E-state index contributed by atoms with van der Waals surface area (Å²) in [6, 6.07) is 5.83. The Labute approximate surface area is 96.6 Å². The van der Waals surface area contributed by atoms with Crippen molar-refractivity contribution in [1.82, 2.24) is 0 Å². The predicted octanol–water partition coefficient (Wildman–Crippen LogP) is 3.94. The van der Waals surface area contributed by atoms with E-state index < -0.39 is 0 Å². The van der Waals surface area contributed by atoms with Crippen LogP contribution in [0.15, 0.2) is 22.7 Å². The quantitative estimate of drug-likeness (QED) is 0.757. The second-order valence-corrected chi connectivity index (χ2v) is 4.82. The maximum atomic E-state index is 11.2. The maximum absolute atomic E-state index is 11.2. The largest absolute Gasteiger partial charge is 0.300 e. The lowest BCUT2D eigenvalue weighted by molar-refractivity contribution is -0.117. The van der Waals surface area contributed by atoms with Gasteiger partial charge in [0, 0.05) is 17.3 Å². The molecule has 0 amide bonds. The molecule has 74 valence electrons. The molecule has 0 spiro atoms. The van der Waals surface area contributed by atoms with Crippen LogP contribution >= 0.6 is 27.5 Å². The molecule has 1 aliphatic carbocycles. The van der Waals surface area contributed by atoms with E-state index in [1.54, 1.807) is 0 Å². The summed E-state index contributed by atoms with van der Waals surface area (Å²) in [6.07, 6.45) is 2.33. The van der Waals surface area contributed by atoms with Gasteiger partial charge in [-0.25, -0.2) is 0 Å². The molecule has 1 atom stereocenters. The van der Waals surface area contributed by atoms with E-state index in [9.17, 15) is 4.79 Å². The van der Waals surface area contributed by atoms with Crippen LogP contribution in [0.5, 0.6) is 0 Å². The average molecular weight is 274 g/mol. The van der Waals surface area contributed by atoms with Crippen LogP contribution in [0.4, 0.5) is 0 Å². The van der Waals surface area contributed by atoms with E-state index in [0.29, 0.717) is 24.5 Å². The highest BCUT2D eigenvalue weighted by Gasteiger charge is 2.25. The zero-order chi connectivity index (χ0) is 10.1. The first-order valence-corrected chi connectivity index (χ1v) is 5.81. The molecule has 1 fully saturated rings. The number of benzene rings is 1. The fourth-order valence-corrected chi connectivity index (χ4v) is 2.69. The van der Waals surface area contributed by atoms with Crippen molar-refractivity contribution in [3.05, 3.63) is 33.3 Å². The molecule has 0 radical (unpaired) electrons. The topological polar surface area (TPSA) is 17.1 Å². The van der Waals surface area contributed by atoms with Crippen LogP contribution in [-0.2, 0) is 4.79 Å². The molecule has 0 aromatic heterocycles. The molecular weight excluding hydrogens is 263 g/mol. The maximum Gasteiger partial charge on any atom is 0.133 e. The van der Waals surface area contributed by atoms with E-state index in [2.05, 4.69) is 15.9 Å². The number of Topliss-reactive ketones (excluding diaryl/α,β-unsaturated/α-hetero) is 1. The predicted molar refractivity (Wildman–Crippen MR) is 60.8 cm³/mol. The molecule has 0 bridgehead atoms. The molecule has 1 unspecified atom stereocenters. The first-order chi connectivity index (χ1) is 6.68. The number of hydrogen-bond acceptors (Lipinski definition) is 1. The number of carbonyl (C=O) groups excluding carboxylic acids is 1. The van der Waals surface area contributed by atoms with E-state index in [-0.39, 0.29) is 0 Å². The minimum Gasteiger partial charge on any atom is -0.300 e. The molecule has 3 heteroatoms. The Morgan fingerprint density at radius 2 is 2.21 bits per heavy atom. The van der Waals surface area contributed by atoms with E-state index in [4.69, 9.17) is 11.6 Å². The highest BCUT2D eigenvalue weighted by molar-refractivity contribution is 9.10. The Morgan fingerprint density at radius 1 is 1.43 bits per heavy atom. The van der Waals surface area contributed by atoms with Crippen LogP contribution in [0.3, 0.4) is 0 Å². The molecular formula is C11H10BrClO. The smallest absolute Gasteiger partial charge is 0.133 e. The molecule has 1 saturated carbocycles. The van der Waals surface area contributed by atoms with Gasteiger partial charge < -0.3 is 0 Å². The second-order valence-electron chi connectivity index (χ2n) is 3.62. The SMILES string of the molecule is O=C1CCC(c2cccc(Cl)c2Br)C1. The molecule has 14 heavy (non-hydrogen) atoms. The zero-order valence-electron chi connectivity index (χ0n) is 7.59. The lowest BCUT2D eigenvalue weighted by atomic mass is 9.98. The molecule has 1 aromatic carbocycles. The van der Waals surface area contributed by atoms with Crippen molar-refractivity contribution >= 4 is 33.3 Å². The third kappa shape index (κ3) is 1.86. The van der Waals surface area contributed by atoms with E-state index >= 15 is 0 Å². The van der Waals surface area contributed by atoms with E-state index in [1.165, 1.54) is 5.56 Å². The zero-order valence-corrected chi connectivity index (χ0v) is 9.94. The highest BCUT2D eigenvalue weighted by atomic mass is 79.9. The molecule has 1 nitrogen and oxygen atoms in total. The van der Waals surface area contributed by atoms with E-state index in [1.807, 2.05) is 18.2 Å². The van der Waals surface area contributed by atoms with Crippen LogP contribution in [-0.4, -0.2) is 5.78 Å². The molecule has 1 aromatic rings. The summed E-state index contributed by atoms with van der Waals surface area (Å²) in [5.41, 5.74) is 1.17. The number of carbonyl (C=O) groups is 1. The van der Waals surface area contributed by atoms with Gasteiger partial charge in [0.25, 0.3) is 0 Å². The van der Waals surface area contributed by atoms with Crippen molar-refractivity contribution in [2.24, 2.45) is 0 Å². The second kappa shape index (κ2) is 4.03. The Balaban J connectivity index is 2.32. The van der Waals surface area contributed by atoms with Crippen LogP contribution in [0.2, 0.25) is 5.02 Å². The fraction of sp³-hybridized carbons (Fsp3) is 0.364. The highest BCUT2D eigenvalue weighted by Crippen LogP contribution is 2.38. The van der Waals surface area contributed by atoms with Gasteiger partial charge in [0.1, 0.15) is 5.78 Å². The third-order valence-corrected chi connectivity index (χ3v) is 4.10. The minimum atomic E-state index is 0.357. The first kappa shape index (κ1) is 10.2. The summed E-state index contributed by atoms with van der Waals surface area (Å²) in [5, 5.41) is 0.724. The summed E-state index contributed by atoms with van der Waals surface area (Å²) < 4.78 is 0.946. The monoisotopic (exact) mass is 272 g/mol. The number of ketones is 1. The van der Waals surface area contributed by atoms with Crippen molar-refractivity contribution in [2.75, 3.05) is 0 Å². The molecule has 1 aliphatic rings. The van der Waals surface area contributed by atoms with Gasteiger partial charge in [-0.05, 0) is 39.9 Å². The third-order valence-electron chi connectivity index (χ3n) is 2.67. The Bertz CT molecular complexity index is 376. The van der Waals surface area contributed by atoms with Gasteiger partial charge in [0.05, 0.1) is 5.02 Å². The van der Waals surface area contributed by atoms with Gasteiger partial charge in [-0.3, -0.25) is 4.79 Å². The average Bonchev–Trinajstić information content (AvgIpc) is 2.57. The Kier molecular flexibility index (Phi) is 2.93. The van der Waals surface area contributed by atoms with Crippen molar-refractivity contribution in [2.45, 2.75) is 25.2 Å². The standard InChI is InChI=1S/C11H10BrClO/c12-11-9(2-1-3-10(11)13)7-4-5-8(14)6-7/h1-3,7H,4-6H2. The van der Waals surface area contributed by atoms with Crippen LogP contribution in [0, 0.1) is 0 Å². The van der Waals surface area contributed by atoms with Gasteiger partial charge in [-0.1, -0.05) is 23.7 Å². The van der Waals surface area contributed by atoms with E-state index in [0.717, 1.165) is 15.9 Å². The summed E-state index contributed by atoms with van der Waals surface area (Å²) in [4.78, 5) is 11.2. The minimum absolute atomic E-state index is 0.357. The number of hydrogen-bond donors (Lipinski definition) is 0. The summed E-state index contributed by atoms with van der Waals surface area (Å²) in [5.74, 6) is 0.720.